The van der Waals surface area contributed by atoms with Gasteiger partial charge < -0.3 is 20.2 Å². The Bertz CT molecular complexity index is 1080. The molecule has 152 valence electrons. The fraction of sp³-hybridized carbons (Fsp3) is 0.174. The molecule has 0 radical (unpaired) electrons. The molecule has 1 aliphatic heterocycles. The molecule has 0 bridgehead atoms. The van der Waals surface area contributed by atoms with Gasteiger partial charge in [0.15, 0.2) is 5.82 Å². The Balaban J connectivity index is 1.66. The van der Waals surface area contributed by atoms with Crippen LogP contribution in [0.25, 0.3) is 0 Å². The average molecular weight is 402 g/mol. The van der Waals surface area contributed by atoms with Crippen LogP contribution < -0.4 is 15.1 Å². The summed E-state index contributed by atoms with van der Waals surface area (Å²) >= 11 is 0. The molecule has 2 N–H and O–H groups in total. The summed E-state index contributed by atoms with van der Waals surface area (Å²) in [6.45, 7) is 2.45. The van der Waals surface area contributed by atoms with Crippen molar-refractivity contribution in [3.63, 3.8) is 0 Å². The minimum absolute atomic E-state index is 0.0187. The standard InChI is InChI=1S/C23H22N4O3/c1-15-22(28)26(2)19-12-13-20(24-18-10-8-17(9-11-18)23(29)30)25-21(19)27(15)14-16-6-4-3-5-7-16/h3-13,15H,14H2,1-2H3,(H,24,25)(H,29,30). The summed E-state index contributed by atoms with van der Waals surface area (Å²) in [5.74, 6) is 0.391. The van der Waals surface area contributed by atoms with Gasteiger partial charge in [0.1, 0.15) is 11.9 Å². The summed E-state index contributed by atoms with van der Waals surface area (Å²) in [6.07, 6.45) is 0. The minimum Gasteiger partial charge on any atom is -0.478 e. The number of carbonyl (C=O) groups excluding carboxylic acids is 1. The Morgan fingerprint density at radius 2 is 1.77 bits per heavy atom. The third kappa shape index (κ3) is 3.69. The van der Waals surface area contributed by atoms with E-state index in [0.717, 1.165) is 22.8 Å². The molecule has 0 aliphatic carbocycles. The number of hydrogen-bond donors (Lipinski definition) is 2. The van der Waals surface area contributed by atoms with Crippen LogP contribution in [0.15, 0.2) is 66.7 Å². The molecule has 0 saturated heterocycles. The number of aromatic carboxylic acids is 1. The molecule has 1 amide bonds. The molecule has 3 aromatic rings. The number of fused-ring (bicyclic) bond motifs is 1. The van der Waals surface area contributed by atoms with Crippen LogP contribution in [0.5, 0.6) is 0 Å². The molecule has 1 unspecified atom stereocenters. The first-order valence-electron chi connectivity index (χ1n) is 9.63. The maximum absolute atomic E-state index is 12.7. The van der Waals surface area contributed by atoms with Gasteiger partial charge in [-0.05, 0) is 48.9 Å². The van der Waals surface area contributed by atoms with Crippen molar-refractivity contribution in [1.82, 2.24) is 4.98 Å². The number of anilines is 4. The molecule has 0 saturated carbocycles. The van der Waals surface area contributed by atoms with Gasteiger partial charge in [-0.1, -0.05) is 30.3 Å². The number of likely N-dealkylation sites (N-methyl/N-ethyl adjacent to an activating group) is 1. The highest BCUT2D eigenvalue weighted by atomic mass is 16.4. The monoisotopic (exact) mass is 402 g/mol. The third-order valence-corrected chi connectivity index (χ3v) is 5.24. The molecule has 7 nitrogen and oxygen atoms in total. The van der Waals surface area contributed by atoms with Crippen molar-refractivity contribution in [3.05, 3.63) is 77.9 Å². The van der Waals surface area contributed by atoms with E-state index in [1.54, 1.807) is 36.2 Å². The molecule has 1 aromatic heterocycles. The lowest BCUT2D eigenvalue weighted by Gasteiger charge is -2.39. The van der Waals surface area contributed by atoms with Crippen LogP contribution >= 0.6 is 0 Å². The van der Waals surface area contributed by atoms with Gasteiger partial charge in [0.05, 0.1) is 11.3 Å². The van der Waals surface area contributed by atoms with Gasteiger partial charge in [0.2, 0.25) is 5.91 Å². The van der Waals surface area contributed by atoms with E-state index in [1.165, 1.54) is 0 Å². The van der Waals surface area contributed by atoms with Crippen molar-refractivity contribution in [2.75, 3.05) is 22.2 Å². The second-order valence-corrected chi connectivity index (χ2v) is 7.23. The summed E-state index contributed by atoms with van der Waals surface area (Å²) in [5.41, 5.74) is 2.80. The largest absolute Gasteiger partial charge is 0.478 e. The zero-order valence-electron chi connectivity index (χ0n) is 16.7. The lowest BCUT2D eigenvalue weighted by Crippen LogP contribution is -2.50. The summed E-state index contributed by atoms with van der Waals surface area (Å²) in [4.78, 5) is 32.2. The first-order valence-corrected chi connectivity index (χ1v) is 9.63. The smallest absolute Gasteiger partial charge is 0.335 e. The lowest BCUT2D eigenvalue weighted by molar-refractivity contribution is -0.119. The van der Waals surface area contributed by atoms with E-state index in [-0.39, 0.29) is 17.5 Å². The van der Waals surface area contributed by atoms with Crippen molar-refractivity contribution in [2.24, 2.45) is 0 Å². The van der Waals surface area contributed by atoms with Crippen LogP contribution in [0.3, 0.4) is 0 Å². The summed E-state index contributed by atoms with van der Waals surface area (Å²) in [7, 11) is 1.76. The van der Waals surface area contributed by atoms with Gasteiger partial charge in [-0.25, -0.2) is 9.78 Å². The number of rotatable bonds is 5. The highest BCUT2D eigenvalue weighted by molar-refractivity contribution is 6.04. The van der Waals surface area contributed by atoms with Crippen molar-refractivity contribution >= 4 is 34.9 Å². The van der Waals surface area contributed by atoms with E-state index in [4.69, 9.17) is 10.1 Å². The topological polar surface area (TPSA) is 85.8 Å². The van der Waals surface area contributed by atoms with Gasteiger partial charge in [-0.15, -0.1) is 0 Å². The fourth-order valence-corrected chi connectivity index (χ4v) is 3.54. The van der Waals surface area contributed by atoms with Gasteiger partial charge in [-0.3, -0.25) is 4.79 Å². The van der Waals surface area contributed by atoms with Crippen LogP contribution in [-0.4, -0.2) is 35.1 Å². The molecule has 30 heavy (non-hydrogen) atoms. The summed E-state index contributed by atoms with van der Waals surface area (Å²) < 4.78 is 0. The zero-order chi connectivity index (χ0) is 21.3. The first-order chi connectivity index (χ1) is 14.4. The molecule has 2 aromatic carbocycles. The molecule has 0 spiro atoms. The van der Waals surface area contributed by atoms with E-state index in [1.807, 2.05) is 54.3 Å². The number of pyridine rings is 1. The van der Waals surface area contributed by atoms with Crippen molar-refractivity contribution < 1.29 is 14.7 Å². The van der Waals surface area contributed by atoms with Gasteiger partial charge in [0.25, 0.3) is 0 Å². The molecule has 0 fully saturated rings. The van der Waals surface area contributed by atoms with Crippen LogP contribution in [0.1, 0.15) is 22.8 Å². The Kier molecular flexibility index (Phi) is 5.10. The van der Waals surface area contributed by atoms with Gasteiger partial charge in [-0.2, -0.15) is 0 Å². The Morgan fingerprint density at radius 3 is 2.43 bits per heavy atom. The Morgan fingerprint density at radius 1 is 1.07 bits per heavy atom. The number of carboxylic acids is 1. The first kappa shape index (κ1) is 19.4. The zero-order valence-corrected chi connectivity index (χ0v) is 16.7. The highest BCUT2D eigenvalue weighted by Crippen LogP contribution is 2.36. The second-order valence-electron chi connectivity index (χ2n) is 7.23. The normalized spacial score (nSPS) is 15.7. The predicted molar refractivity (Wildman–Crippen MR) is 116 cm³/mol. The quantitative estimate of drug-likeness (QED) is 0.673. The number of carbonyl (C=O) groups is 2. The number of carboxylic acid groups (broad SMARTS) is 1. The van der Waals surface area contributed by atoms with Gasteiger partial charge >= 0.3 is 5.97 Å². The highest BCUT2D eigenvalue weighted by Gasteiger charge is 2.34. The van der Waals surface area contributed by atoms with Crippen LogP contribution in [0.4, 0.5) is 23.0 Å². The minimum atomic E-state index is -0.966. The Hall–Kier alpha value is -3.87. The van der Waals surface area contributed by atoms with Crippen molar-refractivity contribution in [3.8, 4) is 0 Å². The number of nitrogens with one attached hydrogen (secondary N) is 1. The fourth-order valence-electron chi connectivity index (χ4n) is 3.54. The number of amides is 1. The molecule has 1 aliphatic rings. The molecule has 2 heterocycles. The number of nitrogens with zero attached hydrogens (tertiary/aromatic N) is 3. The molecule has 4 rings (SSSR count). The SMILES string of the molecule is CC1C(=O)N(C)c2ccc(Nc3ccc(C(=O)O)cc3)nc2N1Cc1ccccc1. The van der Waals surface area contributed by atoms with Crippen molar-refractivity contribution in [2.45, 2.75) is 19.5 Å². The van der Waals surface area contributed by atoms with Crippen molar-refractivity contribution in [1.29, 1.82) is 0 Å². The molecular weight excluding hydrogens is 380 g/mol. The number of hydrogen-bond acceptors (Lipinski definition) is 5. The van der Waals surface area contributed by atoms with Crippen LogP contribution in [-0.2, 0) is 11.3 Å². The maximum atomic E-state index is 12.7. The molecular formula is C23H22N4O3. The van der Waals surface area contributed by atoms with E-state index in [0.29, 0.717) is 12.4 Å². The number of aromatic nitrogens is 1. The van der Waals surface area contributed by atoms with E-state index < -0.39 is 5.97 Å². The van der Waals surface area contributed by atoms with Crippen LogP contribution in [0.2, 0.25) is 0 Å². The average Bonchev–Trinajstić information content (AvgIpc) is 2.76. The number of benzene rings is 2. The molecule has 1 atom stereocenters. The van der Waals surface area contributed by atoms with Crippen LogP contribution in [0, 0.1) is 0 Å². The second kappa shape index (κ2) is 7.87. The lowest BCUT2D eigenvalue weighted by atomic mass is 10.1. The van der Waals surface area contributed by atoms with E-state index in [2.05, 4.69) is 5.32 Å². The molecule has 7 heteroatoms. The summed E-state index contributed by atoms with van der Waals surface area (Å²) in [5, 5.41) is 12.3. The Labute approximate surface area is 174 Å². The predicted octanol–water partition coefficient (Wildman–Crippen LogP) is 3.89. The van der Waals surface area contributed by atoms with Gasteiger partial charge in [0, 0.05) is 19.3 Å². The van der Waals surface area contributed by atoms with E-state index >= 15 is 0 Å². The maximum Gasteiger partial charge on any atom is 0.335 e. The van der Waals surface area contributed by atoms with E-state index in [9.17, 15) is 9.59 Å². The summed E-state index contributed by atoms with van der Waals surface area (Å²) in [6, 6.07) is 19.8. The third-order valence-electron chi connectivity index (χ3n) is 5.24.